The highest BCUT2D eigenvalue weighted by molar-refractivity contribution is 5.77. The maximum atomic E-state index is 10.6. The number of hydrogen-bond acceptors (Lipinski definition) is 6. The third-order valence-electron chi connectivity index (χ3n) is 4.58. The van der Waals surface area contributed by atoms with Crippen LogP contribution in [0, 0.1) is 0 Å². The minimum atomic E-state index is -0.935. The SMILES string of the molecule is C=CCc1nc(C(C)O)cn1CC(=O)O.CC(C(=O)O)N(C)C.c1ccc2ncccc2c1. The predicted molar refractivity (Wildman–Crippen MR) is 127 cm³/mol. The van der Waals surface area contributed by atoms with E-state index in [1.165, 1.54) is 9.95 Å². The van der Waals surface area contributed by atoms with E-state index in [0.717, 1.165) is 5.52 Å². The van der Waals surface area contributed by atoms with E-state index >= 15 is 0 Å². The Kier molecular flexibility index (Phi) is 11.5. The number of carboxylic acids is 2. The Morgan fingerprint density at radius 3 is 2.27 bits per heavy atom. The van der Waals surface area contributed by atoms with Gasteiger partial charge in [0.1, 0.15) is 18.4 Å². The fourth-order valence-corrected chi connectivity index (χ4v) is 2.49. The molecule has 178 valence electrons. The molecular formula is C24H32N4O5. The van der Waals surface area contributed by atoms with Gasteiger partial charge in [-0.1, -0.05) is 30.3 Å². The quantitative estimate of drug-likeness (QED) is 0.463. The van der Waals surface area contributed by atoms with Crippen LogP contribution in [0.4, 0.5) is 0 Å². The Balaban J connectivity index is 0.000000263. The lowest BCUT2D eigenvalue weighted by atomic mass is 10.2. The number of aliphatic carboxylic acids is 2. The fourth-order valence-electron chi connectivity index (χ4n) is 2.49. The van der Waals surface area contributed by atoms with E-state index in [1.54, 1.807) is 45.1 Å². The number of para-hydroxylation sites is 1. The molecule has 0 bridgehead atoms. The number of aliphatic hydroxyl groups excluding tert-OH is 1. The molecular weight excluding hydrogens is 424 g/mol. The maximum absolute atomic E-state index is 10.6. The number of imidazole rings is 1. The first-order chi connectivity index (χ1) is 15.6. The van der Waals surface area contributed by atoms with Crippen molar-refractivity contribution in [1.82, 2.24) is 19.4 Å². The number of pyridine rings is 1. The Morgan fingerprint density at radius 1 is 1.15 bits per heavy atom. The summed E-state index contributed by atoms with van der Waals surface area (Å²) in [4.78, 5) is 30.6. The molecule has 2 unspecified atom stereocenters. The number of carboxylic acid groups (broad SMARTS) is 2. The Labute approximate surface area is 193 Å². The van der Waals surface area contributed by atoms with Crippen molar-refractivity contribution in [2.45, 2.75) is 39.0 Å². The number of likely N-dealkylation sites (N-methyl/N-ethyl adjacent to an activating group) is 1. The Bertz CT molecular complexity index is 981. The molecule has 2 heterocycles. The molecule has 1 aromatic carbocycles. The number of rotatable bonds is 7. The zero-order valence-corrected chi connectivity index (χ0v) is 19.4. The molecule has 3 rings (SSSR count). The minimum Gasteiger partial charge on any atom is -0.480 e. The summed E-state index contributed by atoms with van der Waals surface area (Å²) in [6.45, 7) is 6.65. The van der Waals surface area contributed by atoms with Gasteiger partial charge in [0.05, 0.1) is 17.3 Å². The molecule has 0 radical (unpaired) electrons. The van der Waals surface area contributed by atoms with E-state index in [2.05, 4.69) is 28.7 Å². The van der Waals surface area contributed by atoms with Crippen molar-refractivity contribution in [2.24, 2.45) is 0 Å². The largest absolute Gasteiger partial charge is 0.480 e. The summed E-state index contributed by atoms with van der Waals surface area (Å²) in [7, 11) is 3.47. The second kappa shape index (κ2) is 13.8. The van der Waals surface area contributed by atoms with Crippen molar-refractivity contribution in [2.75, 3.05) is 14.1 Å². The molecule has 9 heteroatoms. The van der Waals surface area contributed by atoms with Gasteiger partial charge in [-0.15, -0.1) is 6.58 Å². The predicted octanol–water partition coefficient (Wildman–Crippen LogP) is 3.01. The molecule has 2 atom stereocenters. The smallest absolute Gasteiger partial charge is 0.323 e. The van der Waals surface area contributed by atoms with Crippen LogP contribution in [0.2, 0.25) is 0 Å². The fraction of sp³-hybridized carbons (Fsp3) is 0.333. The molecule has 3 N–H and O–H groups in total. The second-order valence-corrected chi connectivity index (χ2v) is 7.45. The number of fused-ring (bicyclic) bond motifs is 1. The van der Waals surface area contributed by atoms with Gasteiger partial charge < -0.3 is 19.9 Å². The number of aliphatic hydroxyl groups is 1. The molecule has 0 aliphatic carbocycles. The number of carbonyl (C=O) groups is 2. The summed E-state index contributed by atoms with van der Waals surface area (Å²) in [5.41, 5.74) is 1.54. The first-order valence-electron chi connectivity index (χ1n) is 10.3. The van der Waals surface area contributed by atoms with Crippen molar-refractivity contribution >= 4 is 22.8 Å². The molecule has 0 fully saturated rings. The van der Waals surface area contributed by atoms with E-state index < -0.39 is 18.0 Å². The van der Waals surface area contributed by atoms with Crippen LogP contribution in [0.3, 0.4) is 0 Å². The summed E-state index contributed by atoms with van der Waals surface area (Å²) in [5.74, 6) is -1.12. The average molecular weight is 457 g/mol. The van der Waals surface area contributed by atoms with E-state index in [9.17, 15) is 14.7 Å². The molecule has 9 nitrogen and oxygen atoms in total. The van der Waals surface area contributed by atoms with E-state index in [0.29, 0.717) is 17.9 Å². The highest BCUT2D eigenvalue weighted by atomic mass is 16.4. The topological polar surface area (TPSA) is 129 Å². The van der Waals surface area contributed by atoms with Crippen LogP contribution in [0.1, 0.15) is 31.5 Å². The van der Waals surface area contributed by atoms with Crippen LogP contribution in [0.5, 0.6) is 0 Å². The first kappa shape index (κ1) is 27.5. The Hall–Kier alpha value is -3.56. The lowest BCUT2D eigenvalue weighted by Crippen LogP contribution is -2.32. The van der Waals surface area contributed by atoms with E-state index in [-0.39, 0.29) is 12.6 Å². The van der Waals surface area contributed by atoms with Gasteiger partial charge >= 0.3 is 11.9 Å². The number of allylic oxidation sites excluding steroid dienone is 1. The second-order valence-electron chi connectivity index (χ2n) is 7.45. The molecule has 2 aromatic heterocycles. The lowest BCUT2D eigenvalue weighted by Gasteiger charge is -2.13. The molecule has 0 saturated carbocycles. The van der Waals surface area contributed by atoms with Crippen LogP contribution >= 0.6 is 0 Å². The third-order valence-corrected chi connectivity index (χ3v) is 4.58. The summed E-state index contributed by atoms with van der Waals surface area (Å²) in [6.07, 6.45) is 4.80. The van der Waals surface area contributed by atoms with Gasteiger partial charge in [-0.25, -0.2) is 4.98 Å². The normalized spacial score (nSPS) is 12.1. The molecule has 0 saturated heterocycles. The molecule has 0 amide bonds. The maximum Gasteiger partial charge on any atom is 0.323 e. The zero-order chi connectivity index (χ0) is 25.0. The third kappa shape index (κ3) is 9.63. The summed E-state index contributed by atoms with van der Waals surface area (Å²) >= 11 is 0. The van der Waals surface area contributed by atoms with Crippen molar-refractivity contribution in [3.63, 3.8) is 0 Å². The highest BCUT2D eigenvalue weighted by Gasteiger charge is 2.12. The van der Waals surface area contributed by atoms with Gasteiger partial charge in [0, 0.05) is 24.2 Å². The summed E-state index contributed by atoms with van der Waals surface area (Å²) in [5, 5.41) is 27.5. The molecule has 0 aliphatic heterocycles. The highest BCUT2D eigenvalue weighted by Crippen LogP contribution is 2.12. The summed E-state index contributed by atoms with van der Waals surface area (Å²) in [6, 6.07) is 11.7. The van der Waals surface area contributed by atoms with Crippen LogP contribution in [0.25, 0.3) is 10.9 Å². The molecule has 0 spiro atoms. The average Bonchev–Trinajstić information content (AvgIpc) is 3.16. The van der Waals surface area contributed by atoms with E-state index in [1.807, 2.05) is 30.5 Å². The lowest BCUT2D eigenvalue weighted by molar-refractivity contribution is -0.141. The van der Waals surface area contributed by atoms with Crippen LogP contribution < -0.4 is 0 Å². The number of nitrogens with zero attached hydrogens (tertiary/aromatic N) is 4. The molecule has 0 aliphatic rings. The number of hydrogen-bond donors (Lipinski definition) is 3. The van der Waals surface area contributed by atoms with Gasteiger partial charge in [0.2, 0.25) is 0 Å². The van der Waals surface area contributed by atoms with Crippen molar-refractivity contribution < 1.29 is 24.9 Å². The van der Waals surface area contributed by atoms with Crippen molar-refractivity contribution in [3.8, 4) is 0 Å². The first-order valence-corrected chi connectivity index (χ1v) is 10.3. The standard InChI is InChI=1S/C10H14N2O3.C9H7N.C5H11NO2/c1-3-4-9-11-8(7(2)13)5-12(9)6-10(14)15;1-2-6-9-8(4-1)5-3-7-10-9;1-4(5(7)8)6(2)3/h3,5,7,13H,1,4,6H2,2H3,(H,14,15);1-7H;4H,1-3H3,(H,7,8). The van der Waals surface area contributed by atoms with Gasteiger partial charge in [0.15, 0.2) is 0 Å². The van der Waals surface area contributed by atoms with Gasteiger partial charge in [-0.05, 0) is 40.1 Å². The van der Waals surface area contributed by atoms with Crippen LogP contribution in [0.15, 0.2) is 61.4 Å². The van der Waals surface area contributed by atoms with E-state index in [4.69, 9.17) is 10.2 Å². The van der Waals surface area contributed by atoms with Gasteiger partial charge in [-0.3, -0.25) is 19.5 Å². The number of benzene rings is 1. The molecule has 33 heavy (non-hydrogen) atoms. The van der Waals surface area contributed by atoms with Crippen molar-refractivity contribution in [3.05, 3.63) is 73.0 Å². The van der Waals surface area contributed by atoms with Crippen LogP contribution in [-0.4, -0.2) is 66.8 Å². The van der Waals surface area contributed by atoms with Crippen LogP contribution in [-0.2, 0) is 22.6 Å². The monoisotopic (exact) mass is 456 g/mol. The van der Waals surface area contributed by atoms with Gasteiger partial charge in [-0.2, -0.15) is 0 Å². The zero-order valence-electron chi connectivity index (χ0n) is 19.4. The molecule has 3 aromatic rings. The van der Waals surface area contributed by atoms with Crippen molar-refractivity contribution in [1.29, 1.82) is 0 Å². The Morgan fingerprint density at radius 2 is 1.79 bits per heavy atom. The summed E-state index contributed by atoms with van der Waals surface area (Å²) < 4.78 is 1.51. The van der Waals surface area contributed by atoms with Gasteiger partial charge in [0.25, 0.3) is 0 Å². The number of aromatic nitrogens is 3. The minimum absolute atomic E-state index is 0.150.